The zero-order valence-corrected chi connectivity index (χ0v) is 12.0. The van der Waals surface area contributed by atoms with Crippen LogP contribution in [0.15, 0.2) is 11.3 Å². The Morgan fingerprint density at radius 1 is 1.37 bits per heavy atom. The van der Waals surface area contributed by atoms with Gasteiger partial charge in [0.2, 0.25) is 0 Å². The number of amidine groups is 1. The molecule has 108 valence electrons. The highest BCUT2D eigenvalue weighted by Crippen LogP contribution is 2.17. The summed E-state index contributed by atoms with van der Waals surface area (Å²) in [5, 5.41) is 7.56. The van der Waals surface area contributed by atoms with Gasteiger partial charge in [0.05, 0.1) is 6.54 Å². The van der Waals surface area contributed by atoms with Gasteiger partial charge in [-0.05, 0) is 40.0 Å². The lowest BCUT2D eigenvalue weighted by atomic mass is 10.0. The summed E-state index contributed by atoms with van der Waals surface area (Å²) in [6.07, 6.45) is 2.07. The van der Waals surface area contributed by atoms with Crippen LogP contribution in [0, 0.1) is 5.41 Å². The van der Waals surface area contributed by atoms with Gasteiger partial charge in [-0.15, -0.1) is 0 Å². The van der Waals surface area contributed by atoms with Gasteiger partial charge in [0.15, 0.2) is 0 Å². The van der Waals surface area contributed by atoms with Crippen LogP contribution in [-0.4, -0.2) is 35.5 Å². The fourth-order valence-electron chi connectivity index (χ4n) is 1.88. The third-order valence-electron chi connectivity index (χ3n) is 2.84. The van der Waals surface area contributed by atoms with Gasteiger partial charge in [0.1, 0.15) is 11.4 Å². The standard InChI is InChI=1S/C13H24N4O2/c1-13(2,3)19-12(18)17-7-5-4-6-10(14)9(8-17)11(15)16/h4-8,14H2,1-3H3,(H3,15,16). The number of hydrogen-bond donors (Lipinski definition) is 3. The number of allylic oxidation sites excluding steroid dienone is 1. The number of nitrogens with one attached hydrogen (secondary N) is 1. The molecule has 0 unspecified atom stereocenters. The molecular formula is C13H24N4O2. The number of hydrogen-bond acceptors (Lipinski definition) is 4. The molecule has 0 saturated heterocycles. The molecule has 1 aliphatic heterocycles. The SMILES string of the molecule is CC(C)(C)OC(=O)N1CCCCC(N)=C(C(=N)N)C1. The molecule has 0 aliphatic carbocycles. The van der Waals surface area contributed by atoms with E-state index < -0.39 is 5.60 Å². The quantitative estimate of drug-likeness (QED) is 0.495. The molecule has 0 atom stereocenters. The molecule has 0 fully saturated rings. The van der Waals surface area contributed by atoms with Crippen molar-refractivity contribution in [3.05, 3.63) is 11.3 Å². The second-order valence-electron chi connectivity index (χ2n) is 5.78. The number of rotatable bonds is 1. The molecule has 1 aliphatic rings. The lowest BCUT2D eigenvalue weighted by molar-refractivity contribution is 0.0264. The second kappa shape index (κ2) is 5.95. The van der Waals surface area contributed by atoms with E-state index in [1.165, 1.54) is 0 Å². The third kappa shape index (κ3) is 4.81. The minimum Gasteiger partial charge on any atom is -0.444 e. The molecule has 6 heteroatoms. The van der Waals surface area contributed by atoms with E-state index in [9.17, 15) is 4.79 Å². The molecule has 1 rings (SSSR count). The zero-order valence-electron chi connectivity index (χ0n) is 12.0. The molecule has 0 bridgehead atoms. The van der Waals surface area contributed by atoms with Gasteiger partial charge in [0.25, 0.3) is 0 Å². The van der Waals surface area contributed by atoms with Crippen molar-refractivity contribution in [2.75, 3.05) is 13.1 Å². The number of nitrogens with two attached hydrogens (primary N) is 2. The van der Waals surface area contributed by atoms with Crippen molar-refractivity contribution in [3.63, 3.8) is 0 Å². The molecule has 0 radical (unpaired) electrons. The number of carbonyl (C=O) groups excluding carboxylic acids is 1. The van der Waals surface area contributed by atoms with E-state index >= 15 is 0 Å². The largest absolute Gasteiger partial charge is 0.444 e. The van der Waals surface area contributed by atoms with Gasteiger partial charge in [-0.3, -0.25) is 5.41 Å². The van der Waals surface area contributed by atoms with Gasteiger partial charge in [-0.2, -0.15) is 0 Å². The Bertz CT molecular complexity index is 396. The number of nitrogens with zero attached hydrogens (tertiary/aromatic N) is 1. The Hall–Kier alpha value is -1.72. The van der Waals surface area contributed by atoms with Gasteiger partial charge >= 0.3 is 6.09 Å². The van der Waals surface area contributed by atoms with Crippen LogP contribution in [0.25, 0.3) is 0 Å². The molecular weight excluding hydrogens is 244 g/mol. The molecule has 0 aromatic heterocycles. The average molecular weight is 268 g/mol. The lowest BCUT2D eigenvalue weighted by Crippen LogP contribution is -2.41. The first-order valence-electron chi connectivity index (χ1n) is 6.50. The minimum atomic E-state index is -0.537. The summed E-state index contributed by atoms with van der Waals surface area (Å²) < 4.78 is 5.35. The molecule has 1 amide bonds. The van der Waals surface area contributed by atoms with Gasteiger partial charge in [-0.25, -0.2) is 4.79 Å². The smallest absolute Gasteiger partial charge is 0.410 e. The third-order valence-corrected chi connectivity index (χ3v) is 2.84. The maximum absolute atomic E-state index is 12.1. The first-order chi connectivity index (χ1) is 8.70. The highest BCUT2D eigenvalue weighted by Gasteiger charge is 2.25. The van der Waals surface area contributed by atoms with Gasteiger partial charge in [0, 0.05) is 17.8 Å². The Labute approximate surface area is 114 Å². The van der Waals surface area contributed by atoms with E-state index in [4.69, 9.17) is 21.6 Å². The summed E-state index contributed by atoms with van der Waals surface area (Å²) in [4.78, 5) is 13.6. The Balaban J connectivity index is 2.86. The van der Waals surface area contributed by atoms with E-state index in [2.05, 4.69) is 0 Å². The summed E-state index contributed by atoms with van der Waals surface area (Å²) in [6, 6.07) is 0. The molecule has 0 spiro atoms. The van der Waals surface area contributed by atoms with Crippen molar-refractivity contribution in [2.45, 2.75) is 45.6 Å². The Morgan fingerprint density at radius 3 is 2.53 bits per heavy atom. The summed E-state index contributed by atoms with van der Waals surface area (Å²) in [7, 11) is 0. The van der Waals surface area contributed by atoms with Crippen LogP contribution in [0.3, 0.4) is 0 Å². The fraction of sp³-hybridized carbons (Fsp3) is 0.692. The van der Waals surface area contributed by atoms with Crippen molar-refractivity contribution in [1.29, 1.82) is 5.41 Å². The molecule has 5 N–H and O–H groups in total. The summed E-state index contributed by atoms with van der Waals surface area (Å²) in [5.41, 5.74) is 12.0. The van der Waals surface area contributed by atoms with Crippen LogP contribution in [0.5, 0.6) is 0 Å². The highest BCUT2D eigenvalue weighted by atomic mass is 16.6. The minimum absolute atomic E-state index is 0.0760. The summed E-state index contributed by atoms with van der Waals surface area (Å²) in [6.45, 7) is 6.32. The Morgan fingerprint density at radius 2 is 2.00 bits per heavy atom. The predicted octanol–water partition coefficient (Wildman–Crippen LogP) is 1.56. The topological polar surface area (TPSA) is 105 Å². The van der Waals surface area contributed by atoms with Crippen LogP contribution >= 0.6 is 0 Å². The van der Waals surface area contributed by atoms with Crippen LogP contribution in [0.1, 0.15) is 40.0 Å². The van der Waals surface area contributed by atoms with Crippen LogP contribution in [-0.2, 0) is 4.74 Å². The molecule has 19 heavy (non-hydrogen) atoms. The van der Waals surface area contributed by atoms with E-state index in [-0.39, 0.29) is 18.5 Å². The lowest BCUT2D eigenvalue weighted by Gasteiger charge is -2.29. The molecule has 1 heterocycles. The Kier molecular flexibility index (Phi) is 4.80. The van der Waals surface area contributed by atoms with Crippen molar-refractivity contribution < 1.29 is 9.53 Å². The predicted molar refractivity (Wildman–Crippen MR) is 74.8 cm³/mol. The maximum atomic E-state index is 12.1. The molecule has 0 saturated carbocycles. The average Bonchev–Trinajstić information content (AvgIpc) is 2.20. The molecule has 6 nitrogen and oxygen atoms in total. The van der Waals surface area contributed by atoms with Crippen molar-refractivity contribution in [2.24, 2.45) is 11.5 Å². The molecule has 0 aromatic carbocycles. The second-order valence-corrected chi connectivity index (χ2v) is 5.78. The first kappa shape index (κ1) is 15.3. The van der Waals surface area contributed by atoms with Crippen LogP contribution < -0.4 is 11.5 Å². The zero-order chi connectivity index (χ0) is 14.6. The van der Waals surface area contributed by atoms with Gasteiger partial charge < -0.3 is 21.1 Å². The van der Waals surface area contributed by atoms with Crippen LogP contribution in [0.4, 0.5) is 4.79 Å². The summed E-state index contributed by atoms with van der Waals surface area (Å²) in [5.74, 6) is -0.0760. The fourth-order valence-corrected chi connectivity index (χ4v) is 1.88. The summed E-state index contributed by atoms with van der Waals surface area (Å²) >= 11 is 0. The number of amides is 1. The number of carbonyl (C=O) groups is 1. The van der Waals surface area contributed by atoms with Crippen molar-refractivity contribution in [1.82, 2.24) is 4.90 Å². The normalized spacial score (nSPS) is 17.7. The first-order valence-corrected chi connectivity index (χ1v) is 6.50. The highest BCUT2D eigenvalue weighted by molar-refractivity contribution is 5.96. The van der Waals surface area contributed by atoms with Crippen LogP contribution in [0.2, 0.25) is 0 Å². The molecule has 0 aromatic rings. The van der Waals surface area contributed by atoms with E-state index in [0.717, 1.165) is 19.3 Å². The number of ether oxygens (including phenoxy) is 1. The monoisotopic (exact) mass is 268 g/mol. The maximum Gasteiger partial charge on any atom is 0.410 e. The van der Waals surface area contributed by atoms with Gasteiger partial charge in [-0.1, -0.05) is 0 Å². The van der Waals surface area contributed by atoms with Crippen molar-refractivity contribution >= 4 is 11.9 Å². The van der Waals surface area contributed by atoms with Crippen molar-refractivity contribution in [3.8, 4) is 0 Å². The van der Waals surface area contributed by atoms with E-state index in [1.54, 1.807) is 4.90 Å². The van der Waals surface area contributed by atoms with E-state index in [0.29, 0.717) is 17.8 Å². The van der Waals surface area contributed by atoms with E-state index in [1.807, 2.05) is 20.8 Å².